The molecule has 3 rings (SSSR count). The largest absolute Gasteiger partial charge is 0.352 e. The number of piperidine rings is 1. The number of carbonyl (C=O) groups is 1. The van der Waals surface area contributed by atoms with E-state index >= 15 is 0 Å². The number of carbonyl (C=O) groups excluding carboxylic acids is 1. The predicted molar refractivity (Wildman–Crippen MR) is 109 cm³/mol. The lowest BCUT2D eigenvalue weighted by Gasteiger charge is -2.31. The molecule has 1 N–H and O–H groups in total. The minimum absolute atomic E-state index is 0.145. The number of hydrogen-bond acceptors (Lipinski definition) is 4. The van der Waals surface area contributed by atoms with Gasteiger partial charge in [0.05, 0.1) is 11.7 Å². The molecule has 0 spiro atoms. The number of sulfonamides is 1. The van der Waals surface area contributed by atoms with Crippen LogP contribution in [0.25, 0.3) is 0 Å². The van der Waals surface area contributed by atoms with Gasteiger partial charge in [-0.3, -0.25) is 9.78 Å². The van der Waals surface area contributed by atoms with Crippen LogP contribution in [0.1, 0.15) is 24.0 Å². The highest BCUT2D eigenvalue weighted by molar-refractivity contribution is 7.88. The van der Waals surface area contributed by atoms with E-state index in [1.54, 1.807) is 30.6 Å². The van der Waals surface area contributed by atoms with Gasteiger partial charge in [-0.2, -0.15) is 0 Å². The lowest BCUT2D eigenvalue weighted by Crippen LogP contribution is -2.45. The van der Waals surface area contributed by atoms with Crippen LogP contribution in [0.2, 0.25) is 10.0 Å². The monoisotopic (exact) mass is 441 g/mol. The molecule has 9 heteroatoms. The number of aromatic nitrogens is 1. The van der Waals surface area contributed by atoms with E-state index in [-0.39, 0.29) is 24.1 Å². The summed E-state index contributed by atoms with van der Waals surface area (Å²) < 4.78 is 27.1. The van der Waals surface area contributed by atoms with Crippen molar-refractivity contribution in [3.63, 3.8) is 0 Å². The summed E-state index contributed by atoms with van der Waals surface area (Å²) in [6, 6.07) is 8.44. The van der Waals surface area contributed by atoms with Gasteiger partial charge in [0, 0.05) is 42.1 Å². The first-order chi connectivity index (χ1) is 13.3. The van der Waals surface area contributed by atoms with Crippen molar-refractivity contribution in [2.75, 3.05) is 13.1 Å². The molecule has 1 atom stereocenters. The molecule has 1 fully saturated rings. The molecule has 2 heterocycles. The second-order valence-corrected chi connectivity index (χ2v) is 9.58. The lowest BCUT2D eigenvalue weighted by atomic mass is 9.99. The number of rotatable bonds is 6. The van der Waals surface area contributed by atoms with Crippen molar-refractivity contribution in [1.82, 2.24) is 14.6 Å². The van der Waals surface area contributed by atoms with Crippen LogP contribution in [-0.2, 0) is 27.1 Å². The fourth-order valence-electron chi connectivity index (χ4n) is 3.17. The Bertz CT molecular complexity index is 939. The van der Waals surface area contributed by atoms with Crippen molar-refractivity contribution in [2.45, 2.75) is 25.1 Å². The lowest BCUT2D eigenvalue weighted by molar-refractivity contribution is -0.126. The Morgan fingerprint density at radius 1 is 1.29 bits per heavy atom. The standard InChI is InChI=1S/C19H21Cl2N3O3S/c20-17-6-5-16(18(21)9-17)13-28(26,27)24-8-2-4-15(12-24)19(25)23-11-14-3-1-7-22-10-14/h1,3,5-7,9-10,15H,2,4,8,11-13H2,(H,23,25). The zero-order valence-corrected chi connectivity index (χ0v) is 17.5. The summed E-state index contributed by atoms with van der Waals surface area (Å²) in [6.07, 6.45) is 4.65. The molecular formula is C19H21Cl2N3O3S. The van der Waals surface area contributed by atoms with Gasteiger partial charge in [0.25, 0.3) is 0 Å². The quantitative estimate of drug-likeness (QED) is 0.745. The van der Waals surface area contributed by atoms with Crippen molar-refractivity contribution >= 4 is 39.1 Å². The first-order valence-electron chi connectivity index (χ1n) is 8.93. The van der Waals surface area contributed by atoms with Gasteiger partial charge >= 0.3 is 0 Å². The van der Waals surface area contributed by atoms with Gasteiger partial charge in [0.1, 0.15) is 0 Å². The minimum atomic E-state index is -3.59. The van der Waals surface area contributed by atoms with Gasteiger partial charge in [-0.1, -0.05) is 35.3 Å². The van der Waals surface area contributed by atoms with E-state index in [9.17, 15) is 13.2 Å². The van der Waals surface area contributed by atoms with E-state index < -0.39 is 10.0 Å². The molecule has 150 valence electrons. The molecule has 1 aliphatic heterocycles. The smallest absolute Gasteiger partial charge is 0.224 e. The molecule has 1 saturated heterocycles. The fraction of sp³-hybridized carbons (Fsp3) is 0.368. The van der Waals surface area contributed by atoms with Crippen LogP contribution in [0.4, 0.5) is 0 Å². The highest BCUT2D eigenvalue weighted by Crippen LogP contribution is 2.26. The predicted octanol–water partition coefficient (Wildman–Crippen LogP) is 3.25. The van der Waals surface area contributed by atoms with Gasteiger partial charge in [-0.15, -0.1) is 0 Å². The van der Waals surface area contributed by atoms with Gasteiger partial charge in [-0.25, -0.2) is 12.7 Å². The Morgan fingerprint density at radius 3 is 2.82 bits per heavy atom. The molecule has 0 aliphatic carbocycles. The maximum absolute atomic E-state index is 12.8. The number of benzene rings is 1. The van der Waals surface area contributed by atoms with E-state index in [1.807, 2.05) is 6.07 Å². The Morgan fingerprint density at radius 2 is 2.11 bits per heavy atom. The third-order valence-corrected chi connectivity index (χ3v) is 7.07. The average molecular weight is 442 g/mol. The highest BCUT2D eigenvalue weighted by atomic mass is 35.5. The maximum atomic E-state index is 12.8. The number of nitrogens with one attached hydrogen (secondary N) is 1. The molecule has 0 saturated carbocycles. The normalized spacial score (nSPS) is 18.0. The van der Waals surface area contributed by atoms with Crippen molar-refractivity contribution < 1.29 is 13.2 Å². The Kier molecular flexibility index (Phi) is 6.93. The Labute approximate surface area is 174 Å². The summed E-state index contributed by atoms with van der Waals surface area (Å²) in [7, 11) is -3.59. The van der Waals surface area contributed by atoms with Crippen LogP contribution < -0.4 is 5.32 Å². The van der Waals surface area contributed by atoms with Crippen molar-refractivity contribution in [3.8, 4) is 0 Å². The number of amides is 1. The Hall–Kier alpha value is -1.67. The summed E-state index contributed by atoms with van der Waals surface area (Å²) in [5, 5.41) is 3.64. The SMILES string of the molecule is O=C(NCc1cccnc1)C1CCCN(S(=O)(=O)Cc2ccc(Cl)cc2Cl)C1. The summed E-state index contributed by atoms with van der Waals surface area (Å²) >= 11 is 12.0. The van der Waals surface area contributed by atoms with Crippen molar-refractivity contribution in [2.24, 2.45) is 5.92 Å². The third-order valence-electron chi connectivity index (χ3n) is 4.69. The first kappa shape index (κ1) is 21.0. The molecule has 1 aromatic carbocycles. The average Bonchev–Trinajstić information content (AvgIpc) is 2.69. The van der Waals surface area contributed by atoms with E-state index in [1.165, 1.54) is 10.4 Å². The van der Waals surface area contributed by atoms with Crippen LogP contribution in [-0.4, -0.2) is 36.7 Å². The summed E-state index contributed by atoms with van der Waals surface area (Å²) in [6.45, 7) is 0.947. The number of hydrogen-bond donors (Lipinski definition) is 1. The molecule has 6 nitrogen and oxygen atoms in total. The van der Waals surface area contributed by atoms with Gasteiger partial charge in [0.15, 0.2) is 0 Å². The molecule has 0 radical (unpaired) electrons. The number of pyridine rings is 1. The molecular weight excluding hydrogens is 421 g/mol. The van der Waals surface area contributed by atoms with Gasteiger partial charge < -0.3 is 5.32 Å². The number of nitrogens with zero attached hydrogens (tertiary/aromatic N) is 2. The topological polar surface area (TPSA) is 79.4 Å². The first-order valence-corrected chi connectivity index (χ1v) is 11.3. The summed E-state index contributed by atoms with van der Waals surface area (Å²) in [4.78, 5) is 16.5. The van der Waals surface area contributed by atoms with Crippen LogP contribution in [0, 0.1) is 5.92 Å². The third kappa shape index (κ3) is 5.44. The zero-order chi connectivity index (χ0) is 20.1. The fourth-order valence-corrected chi connectivity index (χ4v) is 5.37. The van der Waals surface area contributed by atoms with E-state index in [4.69, 9.17) is 23.2 Å². The zero-order valence-electron chi connectivity index (χ0n) is 15.1. The Balaban J connectivity index is 1.62. The maximum Gasteiger partial charge on any atom is 0.224 e. The van der Waals surface area contributed by atoms with Gasteiger partial charge in [-0.05, 0) is 42.2 Å². The molecule has 1 aliphatic rings. The molecule has 28 heavy (non-hydrogen) atoms. The molecule has 0 bridgehead atoms. The van der Waals surface area contributed by atoms with Gasteiger partial charge in [0.2, 0.25) is 15.9 Å². The van der Waals surface area contributed by atoms with Crippen LogP contribution in [0.15, 0.2) is 42.7 Å². The van der Waals surface area contributed by atoms with Crippen molar-refractivity contribution in [3.05, 3.63) is 63.9 Å². The summed E-state index contributed by atoms with van der Waals surface area (Å²) in [5.74, 6) is -0.735. The van der Waals surface area contributed by atoms with Crippen molar-refractivity contribution in [1.29, 1.82) is 0 Å². The molecule has 1 amide bonds. The second-order valence-electron chi connectivity index (χ2n) is 6.77. The van der Waals surface area contributed by atoms with E-state index in [0.29, 0.717) is 41.5 Å². The molecule has 1 unspecified atom stereocenters. The van der Waals surface area contributed by atoms with E-state index in [0.717, 1.165) is 5.56 Å². The molecule has 2 aromatic rings. The van der Waals surface area contributed by atoms with Crippen LogP contribution in [0.5, 0.6) is 0 Å². The van der Waals surface area contributed by atoms with E-state index in [2.05, 4.69) is 10.3 Å². The summed E-state index contributed by atoms with van der Waals surface area (Å²) in [5.41, 5.74) is 1.39. The van der Waals surface area contributed by atoms with Crippen LogP contribution in [0.3, 0.4) is 0 Å². The number of halogens is 2. The minimum Gasteiger partial charge on any atom is -0.352 e. The van der Waals surface area contributed by atoms with Crippen LogP contribution >= 0.6 is 23.2 Å². The second kappa shape index (κ2) is 9.22. The molecule has 1 aromatic heterocycles. The highest BCUT2D eigenvalue weighted by Gasteiger charge is 2.32.